The zero-order valence-corrected chi connectivity index (χ0v) is 13.0. The second kappa shape index (κ2) is 7.57. The van der Waals surface area contributed by atoms with Crippen LogP contribution in [0.2, 0.25) is 0 Å². The molecule has 3 unspecified atom stereocenters. The molecule has 3 atom stereocenters. The van der Waals surface area contributed by atoms with Crippen LogP contribution in [0.1, 0.15) is 25.3 Å². The lowest BCUT2D eigenvalue weighted by atomic mass is 9.96. The molecule has 0 radical (unpaired) electrons. The summed E-state index contributed by atoms with van der Waals surface area (Å²) in [6, 6.07) is 9.64. The van der Waals surface area contributed by atoms with Gasteiger partial charge in [0.05, 0.1) is 18.1 Å². The van der Waals surface area contributed by atoms with E-state index in [4.69, 9.17) is 0 Å². The van der Waals surface area contributed by atoms with Crippen molar-refractivity contribution in [3.8, 4) is 0 Å². The molecule has 2 rings (SSSR count). The summed E-state index contributed by atoms with van der Waals surface area (Å²) < 4.78 is 0. The molecule has 1 aliphatic rings. The fourth-order valence-corrected chi connectivity index (χ4v) is 2.85. The van der Waals surface area contributed by atoms with Crippen LogP contribution in [-0.2, 0) is 11.2 Å². The second-order valence-corrected chi connectivity index (χ2v) is 6.16. The van der Waals surface area contributed by atoms with Gasteiger partial charge in [-0.1, -0.05) is 30.3 Å². The van der Waals surface area contributed by atoms with Gasteiger partial charge in [0, 0.05) is 13.0 Å². The zero-order valence-electron chi connectivity index (χ0n) is 13.0. The molecule has 2 N–H and O–H groups in total. The monoisotopic (exact) mass is 290 g/mol. The number of hydrogen-bond acceptors (Lipinski definition) is 3. The summed E-state index contributed by atoms with van der Waals surface area (Å²) >= 11 is 0. The number of aliphatic hydroxyl groups excluding tert-OH is 1. The number of piperidine rings is 1. The highest BCUT2D eigenvalue weighted by atomic mass is 16.3. The van der Waals surface area contributed by atoms with Crippen LogP contribution in [-0.4, -0.2) is 48.2 Å². The fourth-order valence-electron chi connectivity index (χ4n) is 2.85. The molecular weight excluding hydrogens is 264 g/mol. The summed E-state index contributed by atoms with van der Waals surface area (Å²) in [5.74, 6) is 0.122. The predicted octanol–water partition coefficient (Wildman–Crippen LogP) is 1.44. The van der Waals surface area contributed by atoms with Gasteiger partial charge in [-0.15, -0.1) is 0 Å². The van der Waals surface area contributed by atoms with Crippen molar-refractivity contribution in [2.75, 3.05) is 20.1 Å². The first-order valence-electron chi connectivity index (χ1n) is 7.77. The number of hydrogen-bond donors (Lipinski definition) is 2. The Morgan fingerprint density at radius 3 is 2.81 bits per heavy atom. The lowest BCUT2D eigenvalue weighted by Crippen LogP contribution is -2.48. The average Bonchev–Trinajstić information content (AvgIpc) is 2.48. The summed E-state index contributed by atoms with van der Waals surface area (Å²) in [6.45, 7) is 3.75. The lowest BCUT2D eigenvalue weighted by Gasteiger charge is -2.30. The molecule has 4 heteroatoms. The van der Waals surface area contributed by atoms with E-state index in [-0.39, 0.29) is 17.9 Å². The smallest absolute Gasteiger partial charge is 0.224 e. The minimum Gasteiger partial charge on any atom is -0.391 e. The Kier molecular flexibility index (Phi) is 5.76. The van der Waals surface area contributed by atoms with Crippen LogP contribution in [0.4, 0.5) is 0 Å². The predicted molar refractivity (Wildman–Crippen MR) is 84.0 cm³/mol. The molecule has 1 aromatic rings. The van der Waals surface area contributed by atoms with Gasteiger partial charge in [-0.25, -0.2) is 0 Å². The van der Waals surface area contributed by atoms with Gasteiger partial charge in [-0.2, -0.15) is 0 Å². The van der Waals surface area contributed by atoms with Crippen LogP contribution in [0.25, 0.3) is 0 Å². The Bertz CT molecular complexity index is 449. The Hall–Kier alpha value is -1.39. The third-order valence-corrected chi connectivity index (χ3v) is 4.23. The normalized spacial score (nSPS) is 22.5. The van der Waals surface area contributed by atoms with E-state index < -0.39 is 6.10 Å². The van der Waals surface area contributed by atoms with Crippen molar-refractivity contribution in [3.63, 3.8) is 0 Å². The van der Waals surface area contributed by atoms with E-state index >= 15 is 0 Å². The molecule has 1 heterocycles. The fraction of sp³-hybridized carbons (Fsp3) is 0.588. The second-order valence-electron chi connectivity index (χ2n) is 6.16. The van der Waals surface area contributed by atoms with Gasteiger partial charge in [0.1, 0.15) is 0 Å². The van der Waals surface area contributed by atoms with Crippen molar-refractivity contribution in [3.05, 3.63) is 35.9 Å². The van der Waals surface area contributed by atoms with E-state index in [1.165, 1.54) is 0 Å². The van der Waals surface area contributed by atoms with Crippen LogP contribution in [0.15, 0.2) is 30.3 Å². The summed E-state index contributed by atoms with van der Waals surface area (Å²) in [5.41, 5.74) is 1.09. The third-order valence-electron chi connectivity index (χ3n) is 4.23. The van der Waals surface area contributed by atoms with Crippen molar-refractivity contribution < 1.29 is 9.90 Å². The Balaban J connectivity index is 1.82. The summed E-state index contributed by atoms with van der Waals surface area (Å²) in [5, 5.41) is 13.2. The maximum Gasteiger partial charge on any atom is 0.224 e. The van der Waals surface area contributed by atoms with Gasteiger partial charge in [-0.3, -0.25) is 4.79 Å². The van der Waals surface area contributed by atoms with Crippen molar-refractivity contribution in [1.29, 1.82) is 0 Å². The summed E-state index contributed by atoms with van der Waals surface area (Å²) in [6.07, 6.45) is 2.01. The van der Waals surface area contributed by atoms with Gasteiger partial charge >= 0.3 is 0 Å². The molecule has 116 valence electrons. The van der Waals surface area contributed by atoms with Gasteiger partial charge in [0.15, 0.2) is 0 Å². The quantitative estimate of drug-likeness (QED) is 0.863. The number of likely N-dealkylation sites (tertiary alicyclic amines) is 1. The molecule has 1 saturated heterocycles. The summed E-state index contributed by atoms with van der Waals surface area (Å²) in [7, 11) is 2.05. The van der Waals surface area contributed by atoms with Crippen LogP contribution in [0.5, 0.6) is 0 Å². The van der Waals surface area contributed by atoms with Gasteiger partial charge in [0.25, 0.3) is 0 Å². The van der Waals surface area contributed by atoms with Crippen molar-refractivity contribution in [1.82, 2.24) is 10.2 Å². The van der Waals surface area contributed by atoms with Crippen molar-refractivity contribution >= 4 is 5.91 Å². The first-order valence-corrected chi connectivity index (χ1v) is 7.77. The van der Waals surface area contributed by atoms with Crippen molar-refractivity contribution in [2.45, 2.75) is 38.3 Å². The van der Waals surface area contributed by atoms with Crippen LogP contribution >= 0.6 is 0 Å². The average molecular weight is 290 g/mol. The van der Waals surface area contributed by atoms with E-state index in [2.05, 4.69) is 10.2 Å². The maximum absolute atomic E-state index is 12.3. The van der Waals surface area contributed by atoms with E-state index in [9.17, 15) is 9.90 Å². The molecule has 0 aliphatic carbocycles. The topological polar surface area (TPSA) is 52.6 Å². The van der Waals surface area contributed by atoms with Gasteiger partial charge in [-0.05, 0) is 38.9 Å². The van der Waals surface area contributed by atoms with Gasteiger partial charge < -0.3 is 15.3 Å². The summed E-state index contributed by atoms with van der Waals surface area (Å²) in [4.78, 5) is 14.5. The number of benzene rings is 1. The van der Waals surface area contributed by atoms with Crippen LogP contribution in [0, 0.1) is 5.92 Å². The van der Waals surface area contributed by atoms with Crippen LogP contribution < -0.4 is 5.32 Å². The molecule has 4 nitrogen and oxygen atoms in total. The minimum atomic E-state index is -0.558. The van der Waals surface area contributed by atoms with Gasteiger partial charge in [0.2, 0.25) is 5.91 Å². The molecular formula is C17H26N2O2. The molecule has 0 saturated carbocycles. The Morgan fingerprint density at radius 2 is 2.14 bits per heavy atom. The third kappa shape index (κ3) is 4.83. The standard InChI is InChI=1S/C17H26N2O2/c1-13(16(20)11-14-7-4-3-5-8-14)18-17(21)15-9-6-10-19(2)12-15/h3-5,7-8,13,15-16,20H,6,9-12H2,1-2H3,(H,18,21). The maximum atomic E-state index is 12.3. The van der Waals surface area contributed by atoms with Crippen molar-refractivity contribution in [2.24, 2.45) is 5.92 Å². The number of carbonyl (C=O) groups excluding carboxylic acids is 1. The molecule has 1 amide bonds. The van der Waals surface area contributed by atoms with E-state index in [0.29, 0.717) is 6.42 Å². The highest BCUT2D eigenvalue weighted by Gasteiger charge is 2.26. The Morgan fingerprint density at radius 1 is 1.43 bits per heavy atom. The van der Waals surface area contributed by atoms with Crippen LogP contribution in [0.3, 0.4) is 0 Å². The number of nitrogens with one attached hydrogen (secondary N) is 1. The number of nitrogens with zero attached hydrogens (tertiary/aromatic N) is 1. The number of rotatable bonds is 5. The lowest BCUT2D eigenvalue weighted by molar-refractivity contribution is -0.128. The van der Waals surface area contributed by atoms with E-state index in [1.54, 1.807) is 0 Å². The molecule has 0 aromatic heterocycles. The molecule has 0 spiro atoms. The SMILES string of the molecule is CC(NC(=O)C1CCCN(C)C1)C(O)Cc1ccccc1. The molecule has 1 aliphatic heterocycles. The highest BCUT2D eigenvalue weighted by molar-refractivity contribution is 5.79. The minimum absolute atomic E-state index is 0.0510. The first-order chi connectivity index (χ1) is 10.1. The first kappa shape index (κ1) is 16.0. The highest BCUT2D eigenvalue weighted by Crippen LogP contribution is 2.15. The zero-order chi connectivity index (χ0) is 15.2. The van der Waals surface area contributed by atoms with E-state index in [1.807, 2.05) is 44.3 Å². The number of aliphatic hydroxyl groups is 1. The molecule has 1 fully saturated rings. The van der Waals surface area contributed by atoms with E-state index in [0.717, 1.165) is 31.5 Å². The Labute approximate surface area is 127 Å². The molecule has 0 bridgehead atoms. The molecule has 21 heavy (non-hydrogen) atoms. The number of amides is 1. The largest absolute Gasteiger partial charge is 0.391 e. The number of carbonyl (C=O) groups is 1. The molecule has 1 aromatic carbocycles.